The second-order valence-corrected chi connectivity index (χ2v) is 4.30. The number of aliphatic carboxylic acids is 1. The Kier molecular flexibility index (Phi) is 6.14. The van der Waals surface area contributed by atoms with E-state index in [1.165, 1.54) is 6.33 Å². The highest BCUT2D eigenvalue weighted by Crippen LogP contribution is 2.06. The van der Waals surface area contributed by atoms with Gasteiger partial charge in [-0.3, -0.25) is 14.9 Å². The van der Waals surface area contributed by atoms with Crippen molar-refractivity contribution in [2.75, 3.05) is 6.54 Å². The summed E-state index contributed by atoms with van der Waals surface area (Å²) in [6.45, 7) is 1.87. The standard InChI is InChI=1S/C11H16N4O5/c1-7(5-10(17)18)4-8(16)15-11(19)12-3-2-9-13-6-14-20-9/h6-7H,2-5H2,1H3,(H,17,18)(H2,12,15,16,19). The molecular weight excluding hydrogens is 268 g/mol. The topological polar surface area (TPSA) is 134 Å². The number of nitrogens with zero attached hydrogens (tertiary/aromatic N) is 2. The molecule has 9 nitrogen and oxygen atoms in total. The number of hydrogen-bond acceptors (Lipinski definition) is 6. The molecule has 0 aliphatic carbocycles. The average Bonchev–Trinajstić information content (AvgIpc) is 2.80. The molecule has 0 fully saturated rings. The van der Waals surface area contributed by atoms with Gasteiger partial charge in [-0.1, -0.05) is 12.1 Å². The SMILES string of the molecule is CC(CC(=O)O)CC(=O)NC(=O)NCCc1ncno1. The van der Waals surface area contributed by atoms with E-state index in [0.29, 0.717) is 12.3 Å². The number of carboxylic acid groups (broad SMARTS) is 1. The van der Waals surface area contributed by atoms with Gasteiger partial charge in [-0.05, 0) is 5.92 Å². The minimum Gasteiger partial charge on any atom is -0.481 e. The van der Waals surface area contributed by atoms with Crippen LogP contribution < -0.4 is 10.6 Å². The summed E-state index contributed by atoms with van der Waals surface area (Å²) in [7, 11) is 0. The smallest absolute Gasteiger partial charge is 0.321 e. The van der Waals surface area contributed by atoms with Crippen LogP contribution in [0.4, 0.5) is 4.79 Å². The van der Waals surface area contributed by atoms with Crippen molar-refractivity contribution >= 4 is 17.9 Å². The van der Waals surface area contributed by atoms with Crippen LogP contribution in [0.3, 0.4) is 0 Å². The predicted octanol–water partition coefficient (Wildman–Crippen LogP) is -0.0612. The molecule has 1 atom stereocenters. The number of carboxylic acids is 1. The van der Waals surface area contributed by atoms with E-state index in [-0.39, 0.29) is 25.3 Å². The van der Waals surface area contributed by atoms with Gasteiger partial charge < -0.3 is 14.9 Å². The molecule has 20 heavy (non-hydrogen) atoms. The summed E-state index contributed by atoms with van der Waals surface area (Å²) < 4.78 is 4.73. The molecule has 0 aromatic carbocycles. The number of aromatic nitrogens is 2. The van der Waals surface area contributed by atoms with Crippen LogP contribution >= 0.6 is 0 Å². The van der Waals surface area contributed by atoms with Crippen molar-refractivity contribution in [2.45, 2.75) is 26.2 Å². The second kappa shape index (κ2) is 7.87. The summed E-state index contributed by atoms with van der Waals surface area (Å²) in [6.07, 6.45) is 1.47. The molecule has 3 N–H and O–H groups in total. The van der Waals surface area contributed by atoms with Gasteiger partial charge in [0, 0.05) is 25.8 Å². The fourth-order valence-electron chi connectivity index (χ4n) is 1.50. The van der Waals surface area contributed by atoms with E-state index >= 15 is 0 Å². The zero-order valence-corrected chi connectivity index (χ0v) is 11.0. The minimum absolute atomic E-state index is 0.0244. The van der Waals surface area contributed by atoms with Crippen molar-refractivity contribution in [2.24, 2.45) is 5.92 Å². The monoisotopic (exact) mass is 284 g/mol. The molecule has 1 unspecified atom stereocenters. The highest BCUT2D eigenvalue weighted by Gasteiger charge is 2.14. The number of carbonyl (C=O) groups excluding carboxylic acids is 2. The van der Waals surface area contributed by atoms with Crippen molar-refractivity contribution in [3.63, 3.8) is 0 Å². The van der Waals surface area contributed by atoms with Gasteiger partial charge in [-0.15, -0.1) is 0 Å². The molecule has 0 aliphatic heterocycles. The Balaban J connectivity index is 2.17. The van der Waals surface area contributed by atoms with Crippen LogP contribution in [0.5, 0.6) is 0 Å². The average molecular weight is 284 g/mol. The molecule has 1 aromatic heterocycles. The lowest BCUT2D eigenvalue weighted by atomic mass is 10.0. The molecule has 0 radical (unpaired) electrons. The maximum Gasteiger partial charge on any atom is 0.321 e. The van der Waals surface area contributed by atoms with Gasteiger partial charge in [0.15, 0.2) is 6.33 Å². The molecule has 9 heteroatoms. The van der Waals surface area contributed by atoms with E-state index in [1.807, 2.05) is 0 Å². The van der Waals surface area contributed by atoms with E-state index in [0.717, 1.165) is 0 Å². The molecule has 0 saturated carbocycles. The van der Waals surface area contributed by atoms with Gasteiger partial charge in [0.1, 0.15) is 0 Å². The molecule has 0 aliphatic rings. The number of hydrogen-bond donors (Lipinski definition) is 3. The van der Waals surface area contributed by atoms with Crippen LogP contribution in [0.2, 0.25) is 0 Å². The Morgan fingerprint density at radius 3 is 2.75 bits per heavy atom. The summed E-state index contributed by atoms with van der Waals surface area (Å²) >= 11 is 0. The van der Waals surface area contributed by atoms with Crippen LogP contribution in [0.1, 0.15) is 25.7 Å². The highest BCUT2D eigenvalue weighted by molar-refractivity contribution is 5.94. The van der Waals surface area contributed by atoms with Crippen molar-refractivity contribution in [1.82, 2.24) is 20.8 Å². The summed E-state index contributed by atoms with van der Waals surface area (Å²) in [5.41, 5.74) is 0. The predicted molar refractivity (Wildman–Crippen MR) is 65.6 cm³/mol. The Hall–Kier alpha value is -2.45. The van der Waals surface area contributed by atoms with Gasteiger partial charge in [0.05, 0.1) is 0 Å². The fourth-order valence-corrected chi connectivity index (χ4v) is 1.50. The molecule has 0 spiro atoms. The van der Waals surface area contributed by atoms with Crippen LogP contribution in [-0.4, -0.2) is 39.7 Å². The minimum atomic E-state index is -0.977. The summed E-state index contributed by atoms with van der Waals surface area (Å²) in [5.74, 6) is -1.45. The molecular formula is C11H16N4O5. The van der Waals surface area contributed by atoms with E-state index in [4.69, 9.17) is 9.63 Å². The van der Waals surface area contributed by atoms with Crippen LogP contribution in [0.15, 0.2) is 10.9 Å². The first kappa shape index (κ1) is 15.6. The van der Waals surface area contributed by atoms with E-state index in [1.54, 1.807) is 6.92 Å². The van der Waals surface area contributed by atoms with E-state index in [9.17, 15) is 14.4 Å². The molecule has 0 saturated heterocycles. The molecule has 3 amide bonds. The number of carbonyl (C=O) groups is 3. The molecule has 1 heterocycles. The fraction of sp³-hybridized carbons (Fsp3) is 0.545. The Labute approximate surface area is 114 Å². The Morgan fingerprint density at radius 2 is 2.15 bits per heavy atom. The Morgan fingerprint density at radius 1 is 1.40 bits per heavy atom. The zero-order chi connectivity index (χ0) is 15.0. The van der Waals surface area contributed by atoms with Gasteiger partial charge in [0.25, 0.3) is 0 Å². The van der Waals surface area contributed by atoms with Gasteiger partial charge in [-0.25, -0.2) is 4.79 Å². The third kappa shape index (κ3) is 6.47. The van der Waals surface area contributed by atoms with E-state index in [2.05, 4.69) is 20.8 Å². The lowest BCUT2D eigenvalue weighted by molar-refractivity contribution is -0.138. The maximum absolute atomic E-state index is 11.4. The van der Waals surface area contributed by atoms with Crippen molar-refractivity contribution < 1.29 is 24.0 Å². The third-order valence-electron chi connectivity index (χ3n) is 2.34. The normalized spacial score (nSPS) is 11.7. The first-order chi connectivity index (χ1) is 9.47. The molecule has 110 valence electrons. The highest BCUT2D eigenvalue weighted by atomic mass is 16.5. The summed E-state index contributed by atoms with van der Waals surface area (Å²) in [6, 6.07) is -0.642. The third-order valence-corrected chi connectivity index (χ3v) is 2.34. The van der Waals surface area contributed by atoms with Crippen molar-refractivity contribution in [1.29, 1.82) is 0 Å². The van der Waals surface area contributed by atoms with Crippen LogP contribution in [-0.2, 0) is 16.0 Å². The first-order valence-electron chi connectivity index (χ1n) is 6.02. The summed E-state index contributed by atoms with van der Waals surface area (Å²) in [5, 5.41) is 16.5. The number of nitrogens with one attached hydrogen (secondary N) is 2. The van der Waals surface area contributed by atoms with Crippen LogP contribution in [0.25, 0.3) is 0 Å². The molecule has 1 rings (SSSR count). The number of amides is 3. The van der Waals surface area contributed by atoms with Crippen molar-refractivity contribution in [3.05, 3.63) is 12.2 Å². The van der Waals surface area contributed by atoms with E-state index < -0.39 is 17.9 Å². The van der Waals surface area contributed by atoms with Gasteiger partial charge in [0.2, 0.25) is 11.8 Å². The number of imide groups is 1. The molecule has 1 aromatic rings. The number of urea groups is 1. The van der Waals surface area contributed by atoms with Crippen molar-refractivity contribution in [3.8, 4) is 0 Å². The maximum atomic E-state index is 11.4. The lowest BCUT2D eigenvalue weighted by Gasteiger charge is -2.09. The van der Waals surface area contributed by atoms with Gasteiger partial charge in [-0.2, -0.15) is 4.98 Å². The quantitative estimate of drug-likeness (QED) is 0.638. The molecule has 0 bridgehead atoms. The number of rotatable bonds is 7. The first-order valence-corrected chi connectivity index (χ1v) is 6.02. The van der Waals surface area contributed by atoms with Gasteiger partial charge >= 0.3 is 12.0 Å². The largest absolute Gasteiger partial charge is 0.481 e. The Bertz CT molecular complexity index is 459. The lowest BCUT2D eigenvalue weighted by Crippen LogP contribution is -2.40. The zero-order valence-electron chi connectivity index (χ0n) is 11.0. The van der Waals surface area contributed by atoms with Crippen LogP contribution in [0, 0.1) is 5.92 Å². The summed E-state index contributed by atoms with van der Waals surface area (Å²) in [4.78, 5) is 37.0. The second-order valence-electron chi connectivity index (χ2n) is 4.30.